The first-order valence-corrected chi connectivity index (χ1v) is 5.76. The van der Waals surface area contributed by atoms with Crippen molar-refractivity contribution >= 4 is 24.0 Å². The topological polar surface area (TPSA) is 68.3 Å². The van der Waals surface area contributed by atoms with Gasteiger partial charge in [-0.1, -0.05) is 11.6 Å². The summed E-state index contributed by atoms with van der Waals surface area (Å²) in [5.41, 5.74) is -0.261. The van der Waals surface area contributed by atoms with Gasteiger partial charge < -0.3 is 14.8 Å². The summed E-state index contributed by atoms with van der Waals surface area (Å²) in [6.07, 6.45) is 1.36. The van der Waals surface area contributed by atoms with Crippen LogP contribution < -0.4 is 5.32 Å². The maximum Gasteiger partial charge on any atom is 0.408 e. The average molecular weight is 271 g/mol. The number of aromatic nitrogens is 1. The molecule has 0 bridgehead atoms. The fourth-order valence-electron chi connectivity index (χ4n) is 1.20. The molecule has 1 heterocycles. The van der Waals surface area contributed by atoms with Crippen molar-refractivity contribution in [3.63, 3.8) is 0 Å². The number of ether oxygens (including phenoxy) is 1. The normalized spacial score (nSPS) is 12.7. The highest BCUT2D eigenvalue weighted by molar-refractivity contribution is 6.30. The van der Waals surface area contributed by atoms with Gasteiger partial charge in [0, 0.05) is 11.2 Å². The zero-order chi connectivity index (χ0) is 13.8. The molecule has 6 heteroatoms. The second-order valence-electron chi connectivity index (χ2n) is 4.66. The van der Waals surface area contributed by atoms with Gasteiger partial charge in [-0.2, -0.15) is 0 Å². The third kappa shape index (κ3) is 4.71. The van der Waals surface area contributed by atoms with E-state index in [0.717, 1.165) is 0 Å². The third-order valence-corrected chi connectivity index (χ3v) is 2.11. The van der Waals surface area contributed by atoms with Crippen LogP contribution in [-0.2, 0) is 9.53 Å². The molecule has 5 nitrogen and oxygen atoms in total. The van der Waals surface area contributed by atoms with Crippen LogP contribution in [0.15, 0.2) is 18.3 Å². The van der Waals surface area contributed by atoms with E-state index in [2.05, 4.69) is 10.3 Å². The Morgan fingerprint density at radius 2 is 2.22 bits per heavy atom. The summed E-state index contributed by atoms with van der Waals surface area (Å²) < 4.78 is 5.05. The number of alkyl carbamates (subject to hydrolysis) is 1. The molecule has 0 aliphatic carbocycles. The van der Waals surface area contributed by atoms with Crippen molar-refractivity contribution in [2.45, 2.75) is 32.4 Å². The zero-order valence-corrected chi connectivity index (χ0v) is 11.2. The Labute approximate surface area is 110 Å². The Morgan fingerprint density at radius 1 is 1.56 bits per heavy atom. The Morgan fingerprint density at radius 3 is 2.72 bits per heavy atom. The lowest BCUT2D eigenvalue weighted by atomic mass is 10.2. The Bertz CT molecular complexity index is 443. The van der Waals surface area contributed by atoms with Gasteiger partial charge in [-0.15, -0.1) is 0 Å². The summed E-state index contributed by atoms with van der Waals surface area (Å²) in [5, 5.41) is 2.86. The summed E-state index contributed by atoms with van der Waals surface area (Å²) in [6, 6.07) is 2.22. The molecule has 98 valence electrons. The van der Waals surface area contributed by atoms with Gasteiger partial charge in [0.15, 0.2) is 0 Å². The van der Waals surface area contributed by atoms with Crippen molar-refractivity contribution in [1.29, 1.82) is 0 Å². The molecule has 1 aromatic heterocycles. The average Bonchev–Trinajstić information content (AvgIpc) is 2.23. The second-order valence-corrected chi connectivity index (χ2v) is 5.10. The Kier molecular flexibility index (Phi) is 4.67. The fraction of sp³-hybridized carbons (Fsp3) is 0.417. The molecule has 1 amide bonds. The number of halogens is 1. The van der Waals surface area contributed by atoms with Crippen molar-refractivity contribution in [3.05, 3.63) is 29.0 Å². The Hall–Kier alpha value is -1.62. The molecule has 0 aliphatic heterocycles. The van der Waals surface area contributed by atoms with Gasteiger partial charge in [0.25, 0.3) is 0 Å². The van der Waals surface area contributed by atoms with Crippen molar-refractivity contribution < 1.29 is 14.3 Å². The molecule has 0 saturated heterocycles. The fourth-order valence-corrected chi connectivity index (χ4v) is 1.37. The summed E-state index contributed by atoms with van der Waals surface area (Å²) in [6.45, 7) is 5.21. The van der Waals surface area contributed by atoms with E-state index in [1.165, 1.54) is 12.3 Å². The molecule has 1 unspecified atom stereocenters. The summed E-state index contributed by atoms with van der Waals surface area (Å²) in [4.78, 5) is 26.5. The third-order valence-electron chi connectivity index (χ3n) is 1.87. The molecule has 1 rings (SSSR count). The molecule has 18 heavy (non-hydrogen) atoms. The van der Waals surface area contributed by atoms with Crippen molar-refractivity contribution in [2.75, 3.05) is 0 Å². The first-order valence-electron chi connectivity index (χ1n) is 5.38. The second kappa shape index (κ2) is 5.82. The lowest BCUT2D eigenvalue weighted by Crippen LogP contribution is -2.35. The molecule has 0 fully saturated rings. The molecule has 0 saturated carbocycles. The minimum Gasteiger partial charge on any atom is -0.444 e. The van der Waals surface area contributed by atoms with Crippen LogP contribution in [0.25, 0.3) is 0 Å². The van der Waals surface area contributed by atoms with Gasteiger partial charge >= 0.3 is 6.09 Å². The highest BCUT2D eigenvalue weighted by atomic mass is 35.5. The Balaban J connectivity index is 2.74. The van der Waals surface area contributed by atoms with Gasteiger partial charge in [0.2, 0.25) is 0 Å². The standard InChI is InChI=1S/C12H15ClN2O3/c1-12(2,3)18-11(17)15-10(7-16)9-6-8(13)4-5-14-9/h4-7,10H,1-3H3,(H,15,17). The molecule has 0 spiro atoms. The van der Waals surface area contributed by atoms with Gasteiger partial charge in [-0.25, -0.2) is 4.79 Å². The van der Waals surface area contributed by atoms with Gasteiger partial charge in [-0.3, -0.25) is 4.98 Å². The van der Waals surface area contributed by atoms with E-state index in [1.54, 1.807) is 26.8 Å². The van der Waals surface area contributed by atoms with Crippen LogP contribution in [0, 0.1) is 0 Å². The zero-order valence-electron chi connectivity index (χ0n) is 10.4. The van der Waals surface area contributed by atoms with E-state index < -0.39 is 17.7 Å². The van der Waals surface area contributed by atoms with Crippen molar-refractivity contribution in [2.24, 2.45) is 0 Å². The molecule has 0 aliphatic rings. The van der Waals surface area contributed by atoms with E-state index in [0.29, 0.717) is 17.0 Å². The predicted octanol–water partition coefficient (Wildman–Crippen LogP) is 2.50. The predicted molar refractivity (Wildman–Crippen MR) is 67.4 cm³/mol. The molecule has 0 aromatic carbocycles. The van der Waals surface area contributed by atoms with Crippen LogP contribution in [-0.4, -0.2) is 23.0 Å². The molecule has 1 aromatic rings. The van der Waals surface area contributed by atoms with E-state index in [1.807, 2.05) is 0 Å². The number of rotatable bonds is 3. The largest absolute Gasteiger partial charge is 0.444 e. The van der Waals surface area contributed by atoms with E-state index in [-0.39, 0.29) is 0 Å². The van der Waals surface area contributed by atoms with Gasteiger partial charge in [0.05, 0.1) is 5.69 Å². The monoisotopic (exact) mass is 270 g/mol. The molecule has 1 N–H and O–H groups in total. The lowest BCUT2D eigenvalue weighted by molar-refractivity contribution is -0.109. The van der Waals surface area contributed by atoms with E-state index in [4.69, 9.17) is 16.3 Å². The highest BCUT2D eigenvalue weighted by Gasteiger charge is 2.20. The van der Waals surface area contributed by atoms with Crippen LogP contribution in [0.2, 0.25) is 5.02 Å². The van der Waals surface area contributed by atoms with E-state index in [9.17, 15) is 9.59 Å². The SMILES string of the molecule is CC(C)(C)OC(=O)NC(C=O)c1cc(Cl)ccn1. The highest BCUT2D eigenvalue weighted by Crippen LogP contribution is 2.14. The number of nitrogens with one attached hydrogen (secondary N) is 1. The molecule has 1 atom stereocenters. The number of hydrogen-bond acceptors (Lipinski definition) is 4. The first-order chi connectivity index (χ1) is 8.31. The van der Waals surface area contributed by atoms with Crippen LogP contribution in [0.4, 0.5) is 4.79 Å². The number of aldehydes is 1. The van der Waals surface area contributed by atoms with E-state index >= 15 is 0 Å². The molecular weight excluding hydrogens is 256 g/mol. The smallest absolute Gasteiger partial charge is 0.408 e. The first kappa shape index (κ1) is 14.4. The lowest BCUT2D eigenvalue weighted by Gasteiger charge is -2.21. The minimum atomic E-state index is -0.876. The van der Waals surface area contributed by atoms with Crippen LogP contribution in [0.3, 0.4) is 0 Å². The molecular formula is C12H15ClN2O3. The van der Waals surface area contributed by atoms with Crippen LogP contribution >= 0.6 is 11.6 Å². The quantitative estimate of drug-likeness (QED) is 0.857. The number of nitrogens with zero attached hydrogens (tertiary/aromatic N) is 1. The number of amides is 1. The van der Waals surface area contributed by atoms with Crippen LogP contribution in [0.5, 0.6) is 0 Å². The summed E-state index contributed by atoms with van der Waals surface area (Å²) in [5.74, 6) is 0. The number of pyridine rings is 1. The maximum atomic E-state index is 11.5. The van der Waals surface area contributed by atoms with Crippen LogP contribution in [0.1, 0.15) is 32.5 Å². The van der Waals surface area contributed by atoms with Crippen molar-refractivity contribution in [3.8, 4) is 0 Å². The molecule has 0 radical (unpaired) electrons. The minimum absolute atomic E-state index is 0.364. The van der Waals surface area contributed by atoms with Crippen molar-refractivity contribution in [1.82, 2.24) is 10.3 Å². The number of carbonyl (C=O) groups is 2. The summed E-state index contributed by atoms with van der Waals surface area (Å²) in [7, 11) is 0. The maximum absolute atomic E-state index is 11.5. The number of carbonyl (C=O) groups excluding carboxylic acids is 2. The van der Waals surface area contributed by atoms with Gasteiger partial charge in [0.1, 0.15) is 17.9 Å². The van der Waals surface area contributed by atoms with Gasteiger partial charge in [-0.05, 0) is 32.9 Å². The summed E-state index contributed by atoms with van der Waals surface area (Å²) >= 11 is 5.79. The number of hydrogen-bond donors (Lipinski definition) is 1.